The summed E-state index contributed by atoms with van der Waals surface area (Å²) in [5.74, 6) is 1.44. The number of hydrogen-bond donors (Lipinski definition) is 1. The summed E-state index contributed by atoms with van der Waals surface area (Å²) in [6.07, 6.45) is 0. The first-order chi connectivity index (χ1) is 7.27. The van der Waals surface area contributed by atoms with E-state index in [9.17, 15) is 0 Å². The van der Waals surface area contributed by atoms with Gasteiger partial charge in [0.1, 0.15) is 0 Å². The molecule has 15 heavy (non-hydrogen) atoms. The molecule has 1 saturated heterocycles. The van der Waals surface area contributed by atoms with E-state index in [4.69, 9.17) is 0 Å². The number of hydrogen-bond acceptors (Lipinski definition) is 2. The molecule has 0 unspecified atom stereocenters. The van der Waals surface area contributed by atoms with Crippen molar-refractivity contribution in [1.82, 2.24) is 10.2 Å². The first-order valence-electron chi connectivity index (χ1n) is 5.68. The van der Waals surface area contributed by atoms with Crippen LogP contribution in [0.1, 0.15) is 11.5 Å². The molecule has 2 heteroatoms. The molecular formula is C13H20N2. The minimum Gasteiger partial charge on any atom is -0.316 e. The number of nitrogens with one attached hydrogen (secondary N) is 1. The summed E-state index contributed by atoms with van der Waals surface area (Å²) in [6.45, 7) is 3.45. The van der Waals surface area contributed by atoms with Gasteiger partial charge in [0.15, 0.2) is 0 Å². The molecule has 0 aromatic heterocycles. The summed E-state index contributed by atoms with van der Waals surface area (Å²) in [7, 11) is 4.31. The summed E-state index contributed by atoms with van der Waals surface area (Å²) in [6, 6.07) is 10.9. The standard InChI is InChI=1S/C13H20N2/c1-15(2)10-12-8-14-9-13(12)11-6-4-3-5-7-11/h3-7,12-14H,8-10H2,1-2H3/t12-,13-/m0/s1. The molecule has 0 bridgehead atoms. The quantitative estimate of drug-likeness (QED) is 0.803. The van der Waals surface area contributed by atoms with Crippen LogP contribution in [0, 0.1) is 5.92 Å². The Morgan fingerprint density at radius 3 is 2.60 bits per heavy atom. The maximum absolute atomic E-state index is 3.50. The fourth-order valence-electron chi connectivity index (χ4n) is 2.48. The van der Waals surface area contributed by atoms with Crippen molar-refractivity contribution in [3.8, 4) is 0 Å². The molecule has 1 aromatic carbocycles. The van der Waals surface area contributed by atoms with Crippen molar-refractivity contribution < 1.29 is 0 Å². The molecule has 2 atom stereocenters. The lowest BCUT2D eigenvalue weighted by atomic mass is 9.89. The van der Waals surface area contributed by atoms with Crippen LogP contribution in [0.25, 0.3) is 0 Å². The molecule has 82 valence electrons. The number of benzene rings is 1. The Morgan fingerprint density at radius 2 is 1.93 bits per heavy atom. The first-order valence-corrected chi connectivity index (χ1v) is 5.68. The molecule has 1 fully saturated rings. The summed E-state index contributed by atoms with van der Waals surface area (Å²) in [5, 5.41) is 3.50. The number of nitrogens with zero attached hydrogens (tertiary/aromatic N) is 1. The van der Waals surface area contributed by atoms with Gasteiger partial charge < -0.3 is 10.2 Å². The third-order valence-corrected chi connectivity index (χ3v) is 3.17. The lowest BCUT2D eigenvalue weighted by molar-refractivity contribution is 0.322. The molecule has 2 rings (SSSR count). The van der Waals surface area contributed by atoms with E-state index >= 15 is 0 Å². The molecule has 0 spiro atoms. The van der Waals surface area contributed by atoms with Crippen LogP contribution in [0.3, 0.4) is 0 Å². The van der Waals surface area contributed by atoms with Crippen LogP contribution in [-0.4, -0.2) is 38.6 Å². The maximum Gasteiger partial charge on any atom is 0.00239 e. The largest absolute Gasteiger partial charge is 0.316 e. The van der Waals surface area contributed by atoms with Crippen LogP contribution in [0.4, 0.5) is 0 Å². The van der Waals surface area contributed by atoms with Gasteiger partial charge in [-0.15, -0.1) is 0 Å². The maximum atomic E-state index is 3.50. The second kappa shape index (κ2) is 4.77. The highest BCUT2D eigenvalue weighted by Gasteiger charge is 2.28. The number of rotatable bonds is 3. The zero-order valence-electron chi connectivity index (χ0n) is 9.61. The highest BCUT2D eigenvalue weighted by Crippen LogP contribution is 2.28. The van der Waals surface area contributed by atoms with Crippen LogP contribution in [0.2, 0.25) is 0 Å². The summed E-state index contributed by atoms with van der Waals surface area (Å²) >= 11 is 0. The Hall–Kier alpha value is -0.860. The van der Waals surface area contributed by atoms with E-state index in [2.05, 4.69) is 54.6 Å². The van der Waals surface area contributed by atoms with E-state index in [-0.39, 0.29) is 0 Å². The molecule has 2 nitrogen and oxygen atoms in total. The van der Waals surface area contributed by atoms with Crippen molar-refractivity contribution in [2.75, 3.05) is 33.7 Å². The van der Waals surface area contributed by atoms with E-state index in [1.54, 1.807) is 0 Å². The highest BCUT2D eigenvalue weighted by molar-refractivity contribution is 5.22. The van der Waals surface area contributed by atoms with Crippen LogP contribution in [0.5, 0.6) is 0 Å². The Balaban J connectivity index is 2.08. The van der Waals surface area contributed by atoms with Gasteiger partial charge in [-0.05, 0) is 32.1 Å². The smallest absolute Gasteiger partial charge is 0.00239 e. The lowest BCUT2D eigenvalue weighted by Gasteiger charge is -2.22. The minimum absolute atomic E-state index is 0.689. The van der Waals surface area contributed by atoms with Gasteiger partial charge in [0.05, 0.1) is 0 Å². The molecule has 1 heterocycles. The van der Waals surface area contributed by atoms with Gasteiger partial charge in [0.2, 0.25) is 0 Å². The summed E-state index contributed by atoms with van der Waals surface area (Å²) in [4.78, 5) is 2.29. The van der Waals surface area contributed by atoms with Gasteiger partial charge in [-0.2, -0.15) is 0 Å². The van der Waals surface area contributed by atoms with Crippen LogP contribution in [-0.2, 0) is 0 Å². The van der Waals surface area contributed by atoms with Crippen LogP contribution in [0.15, 0.2) is 30.3 Å². The molecule has 0 radical (unpaired) electrons. The topological polar surface area (TPSA) is 15.3 Å². The van der Waals surface area contributed by atoms with Gasteiger partial charge in [0, 0.05) is 19.0 Å². The van der Waals surface area contributed by atoms with Crippen LogP contribution >= 0.6 is 0 Å². The molecule has 1 aliphatic rings. The van der Waals surface area contributed by atoms with Crippen molar-refractivity contribution in [2.45, 2.75) is 5.92 Å². The monoisotopic (exact) mass is 204 g/mol. The Morgan fingerprint density at radius 1 is 1.20 bits per heavy atom. The molecular weight excluding hydrogens is 184 g/mol. The molecule has 1 N–H and O–H groups in total. The molecule has 0 saturated carbocycles. The fraction of sp³-hybridized carbons (Fsp3) is 0.538. The Bertz CT molecular complexity index is 295. The van der Waals surface area contributed by atoms with E-state index in [1.165, 1.54) is 12.1 Å². The summed E-state index contributed by atoms with van der Waals surface area (Å²) < 4.78 is 0. The van der Waals surface area contributed by atoms with E-state index in [1.807, 2.05) is 0 Å². The normalized spacial score (nSPS) is 26.1. The van der Waals surface area contributed by atoms with Gasteiger partial charge in [0.25, 0.3) is 0 Å². The zero-order chi connectivity index (χ0) is 10.7. The molecule has 1 aliphatic heterocycles. The van der Waals surface area contributed by atoms with E-state index < -0.39 is 0 Å². The van der Waals surface area contributed by atoms with Crippen molar-refractivity contribution in [3.63, 3.8) is 0 Å². The summed E-state index contributed by atoms with van der Waals surface area (Å²) in [5.41, 5.74) is 1.48. The van der Waals surface area contributed by atoms with Crippen molar-refractivity contribution >= 4 is 0 Å². The fourth-order valence-corrected chi connectivity index (χ4v) is 2.48. The molecule has 1 aromatic rings. The highest BCUT2D eigenvalue weighted by atomic mass is 15.1. The predicted molar refractivity (Wildman–Crippen MR) is 64.1 cm³/mol. The predicted octanol–water partition coefficient (Wildman–Crippen LogP) is 1.55. The van der Waals surface area contributed by atoms with Gasteiger partial charge in [-0.25, -0.2) is 0 Å². The molecule has 0 aliphatic carbocycles. The van der Waals surface area contributed by atoms with Crippen LogP contribution < -0.4 is 5.32 Å². The minimum atomic E-state index is 0.689. The average molecular weight is 204 g/mol. The zero-order valence-corrected chi connectivity index (χ0v) is 9.61. The van der Waals surface area contributed by atoms with Crippen molar-refractivity contribution in [3.05, 3.63) is 35.9 Å². The molecule has 0 amide bonds. The Kier molecular flexibility index (Phi) is 3.39. The second-order valence-corrected chi connectivity index (χ2v) is 4.70. The average Bonchev–Trinajstić information content (AvgIpc) is 2.66. The van der Waals surface area contributed by atoms with Gasteiger partial charge >= 0.3 is 0 Å². The third kappa shape index (κ3) is 2.58. The lowest BCUT2D eigenvalue weighted by Crippen LogP contribution is -2.26. The second-order valence-electron chi connectivity index (χ2n) is 4.70. The van der Waals surface area contributed by atoms with Gasteiger partial charge in [-0.3, -0.25) is 0 Å². The third-order valence-electron chi connectivity index (χ3n) is 3.17. The SMILES string of the molecule is CN(C)C[C@@H]1CNC[C@H]1c1ccccc1. The Labute approximate surface area is 92.3 Å². The van der Waals surface area contributed by atoms with Gasteiger partial charge in [-0.1, -0.05) is 30.3 Å². The van der Waals surface area contributed by atoms with E-state index in [0.717, 1.165) is 19.0 Å². The van der Waals surface area contributed by atoms with Crippen molar-refractivity contribution in [1.29, 1.82) is 0 Å². The first kappa shape index (κ1) is 10.7. The van der Waals surface area contributed by atoms with E-state index in [0.29, 0.717) is 5.92 Å². The van der Waals surface area contributed by atoms with Crippen molar-refractivity contribution in [2.24, 2.45) is 5.92 Å².